The first-order valence-electron chi connectivity index (χ1n) is 15.8. The van der Waals surface area contributed by atoms with Crippen molar-refractivity contribution in [3.63, 3.8) is 0 Å². The molecular formula is C44H25N3. The minimum atomic E-state index is 0.660. The van der Waals surface area contributed by atoms with Gasteiger partial charge >= 0.3 is 0 Å². The Bertz CT molecular complexity index is 2890. The van der Waals surface area contributed by atoms with Gasteiger partial charge in [-0.15, -0.1) is 0 Å². The lowest BCUT2D eigenvalue weighted by Crippen LogP contribution is -1.94. The van der Waals surface area contributed by atoms with Crippen molar-refractivity contribution in [2.24, 2.45) is 0 Å². The molecule has 10 aromatic rings. The number of para-hydroxylation sites is 1. The zero-order valence-electron chi connectivity index (χ0n) is 25.3. The van der Waals surface area contributed by atoms with Crippen LogP contribution in [0.3, 0.4) is 0 Å². The normalized spacial score (nSPS) is 11.8. The molecule has 3 heteroatoms. The minimum absolute atomic E-state index is 0.660. The van der Waals surface area contributed by atoms with E-state index in [1.807, 2.05) is 24.4 Å². The van der Waals surface area contributed by atoms with Gasteiger partial charge in [0.1, 0.15) is 0 Å². The molecular weight excluding hydrogens is 571 g/mol. The molecule has 0 unspecified atom stereocenters. The summed E-state index contributed by atoms with van der Waals surface area (Å²) < 4.78 is 2.29. The van der Waals surface area contributed by atoms with Crippen molar-refractivity contribution in [1.82, 2.24) is 9.55 Å². The van der Waals surface area contributed by atoms with E-state index < -0.39 is 0 Å². The molecule has 10 rings (SSSR count). The van der Waals surface area contributed by atoms with Crippen LogP contribution in [0, 0.1) is 11.3 Å². The van der Waals surface area contributed by atoms with E-state index in [-0.39, 0.29) is 0 Å². The average Bonchev–Trinajstić information content (AvgIpc) is 3.48. The summed E-state index contributed by atoms with van der Waals surface area (Å²) in [5, 5.41) is 22.0. The summed E-state index contributed by atoms with van der Waals surface area (Å²) in [5.41, 5.74) is 8.13. The van der Waals surface area contributed by atoms with Crippen molar-refractivity contribution in [3.05, 3.63) is 157 Å². The molecule has 0 aliphatic carbocycles. The van der Waals surface area contributed by atoms with Crippen LogP contribution in [-0.2, 0) is 0 Å². The lowest BCUT2D eigenvalue weighted by Gasteiger charge is -2.13. The summed E-state index contributed by atoms with van der Waals surface area (Å²) in [7, 11) is 0. The molecule has 3 nitrogen and oxygen atoms in total. The molecule has 0 N–H and O–H groups in total. The average molecular weight is 596 g/mol. The van der Waals surface area contributed by atoms with Gasteiger partial charge in [0.05, 0.1) is 28.4 Å². The number of hydrogen-bond acceptors (Lipinski definition) is 2. The van der Waals surface area contributed by atoms with Gasteiger partial charge in [-0.25, -0.2) is 0 Å². The first kappa shape index (κ1) is 25.8. The highest BCUT2D eigenvalue weighted by molar-refractivity contribution is 6.25. The molecule has 0 atom stereocenters. The van der Waals surface area contributed by atoms with E-state index in [0.717, 1.165) is 44.3 Å². The van der Waals surface area contributed by atoms with Crippen LogP contribution in [-0.4, -0.2) is 9.55 Å². The quantitative estimate of drug-likeness (QED) is 0.191. The maximum Gasteiger partial charge on any atom is 0.0992 e. The summed E-state index contributed by atoms with van der Waals surface area (Å²) in [4.78, 5) is 5.08. The van der Waals surface area contributed by atoms with Crippen molar-refractivity contribution >= 4 is 64.9 Å². The van der Waals surface area contributed by atoms with Gasteiger partial charge in [0.2, 0.25) is 0 Å². The molecule has 0 amide bonds. The largest absolute Gasteiger partial charge is 0.309 e. The molecule has 0 saturated heterocycles. The first-order valence-corrected chi connectivity index (χ1v) is 15.8. The third-order valence-corrected chi connectivity index (χ3v) is 9.75. The third-order valence-electron chi connectivity index (χ3n) is 9.75. The molecule has 0 aliphatic rings. The van der Waals surface area contributed by atoms with Crippen LogP contribution in [0.2, 0.25) is 0 Å². The number of aromatic nitrogens is 2. The van der Waals surface area contributed by atoms with Gasteiger partial charge in [0.25, 0.3) is 0 Å². The van der Waals surface area contributed by atoms with Gasteiger partial charge in [-0.05, 0) is 97.2 Å². The topological polar surface area (TPSA) is 41.6 Å². The summed E-state index contributed by atoms with van der Waals surface area (Å²) in [6.07, 6.45) is 2.02. The summed E-state index contributed by atoms with van der Waals surface area (Å²) >= 11 is 0. The Balaban J connectivity index is 1.18. The molecule has 0 aliphatic heterocycles. The van der Waals surface area contributed by atoms with Crippen LogP contribution in [0.25, 0.3) is 93.0 Å². The highest BCUT2D eigenvalue weighted by atomic mass is 15.0. The zero-order chi connectivity index (χ0) is 31.1. The monoisotopic (exact) mass is 595 g/mol. The van der Waals surface area contributed by atoms with Crippen molar-refractivity contribution < 1.29 is 0 Å². The van der Waals surface area contributed by atoms with E-state index in [2.05, 4.69) is 138 Å². The van der Waals surface area contributed by atoms with Crippen molar-refractivity contribution in [2.45, 2.75) is 0 Å². The number of fused-ring (bicyclic) bond motifs is 5. The van der Waals surface area contributed by atoms with Gasteiger partial charge in [-0.1, -0.05) is 97.1 Å². The fraction of sp³-hybridized carbons (Fsp3) is 0. The maximum absolute atomic E-state index is 9.83. The fourth-order valence-corrected chi connectivity index (χ4v) is 7.66. The Morgan fingerprint density at radius 1 is 0.489 bits per heavy atom. The molecule has 0 spiro atoms. The Labute approximate surface area is 270 Å². The van der Waals surface area contributed by atoms with Crippen LogP contribution < -0.4 is 0 Å². The standard InChI is InChI=1S/C44H25N3/c45-25-27-20-29-14-15-30-22-32(23-42-44(30)43(29)41(21-27)47(42)33-9-2-1-3-10-33)40-19-17-31(26-46-40)38-24-39-34-11-5-4-8-28(34)16-18-37(39)35-12-6-7-13-36(35)38/h1-24,26H. The molecule has 8 aromatic carbocycles. The van der Waals surface area contributed by atoms with Crippen LogP contribution in [0.5, 0.6) is 0 Å². The lowest BCUT2D eigenvalue weighted by molar-refractivity contribution is 1.18. The van der Waals surface area contributed by atoms with Crippen molar-refractivity contribution in [2.75, 3.05) is 0 Å². The molecule has 0 saturated carbocycles. The zero-order valence-corrected chi connectivity index (χ0v) is 25.3. The predicted molar refractivity (Wildman–Crippen MR) is 195 cm³/mol. The Morgan fingerprint density at radius 2 is 1.17 bits per heavy atom. The molecule has 216 valence electrons. The second-order valence-corrected chi connectivity index (χ2v) is 12.3. The van der Waals surface area contributed by atoms with E-state index in [1.165, 1.54) is 48.7 Å². The predicted octanol–water partition coefficient (Wildman–Crippen LogP) is 11.4. The maximum atomic E-state index is 9.83. The Morgan fingerprint density at radius 3 is 1.96 bits per heavy atom. The van der Waals surface area contributed by atoms with Gasteiger partial charge < -0.3 is 4.57 Å². The second kappa shape index (κ2) is 9.75. The lowest BCUT2D eigenvalue weighted by atomic mass is 9.91. The van der Waals surface area contributed by atoms with E-state index >= 15 is 0 Å². The van der Waals surface area contributed by atoms with Crippen molar-refractivity contribution in [1.29, 1.82) is 5.26 Å². The van der Waals surface area contributed by atoms with Crippen LogP contribution in [0.4, 0.5) is 0 Å². The molecule has 47 heavy (non-hydrogen) atoms. The van der Waals surface area contributed by atoms with E-state index in [1.54, 1.807) is 0 Å². The second-order valence-electron chi connectivity index (χ2n) is 12.3. The molecule has 0 bridgehead atoms. The van der Waals surface area contributed by atoms with Gasteiger partial charge in [0, 0.05) is 33.8 Å². The first-order chi connectivity index (χ1) is 23.2. The highest BCUT2D eigenvalue weighted by Gasteiger charge is 2.19. The Kier molecular flexibility index (Phi) is 5.35. The molecule has 0 fully saturated rings. The number of nitrogens with zero attached hydrogens (tertiary/aromatic N) is 3. The highest BCUT2D eigenvalue weighted by Crippen LogP contribution is 2.42. The third kappa shape index (κ3) is 3.76. The van der Waals surface area contributed by atoms with Crippen LogP contribution in [0.15, 0.2) is 152 Å². The number of nitriles is 1. The van der Waals surface area contributed by atoms with Gasteiger partial charge in [-0.3, -0.25) is 4.98 Å². The molecule has 2 aromatic heterocycles. The van der Waals surface area contributed by atoms with E-state index in [4.69, 9.17) is 4.98 Å². The van der Waals surface area contributed by atoms with Crippen LogP contribution >= 0.6 is 0 Å². The Hall–Kier alpha value is -6.50. The number of benzene rings is 8. The molecule has 2 heterocycles. The van der Waals surface area contributed by atoms with Gasteiger partial charge in [-0.2, -0.15) is 5.26 Å². The van der Waals surface area contributed by atoms with Crippen LogP contribution in [0.1, 0.15) is 5.56 Å². The smallest absolute Gasteiger partial charge is 0.0992 e. The number of rotatable bonds is 3. The number of hydrogen-bond donors (Lipinski definition) is 0. The van der Waals surface area contributed by atoms with E-state index in [0.29, 0.717) is 5.56 Å². The number of pyridine rings is 1. The minimum Gasteiger partial charge on any atom is -0.309 e. The molecule has 0 radical (unpaired) electrons. The van der Waals surface area contributed by atoms with E-state index in [9.17, 15) is 5.26 Å². The van der Waals surface area contributed by atoms with Crippen molar-refractivity contribution in [3.8, 4) is 34.1 Å². The van der Waals surface area contributed by atoms with Gasteiger partial charge in [0.15, 0.2) is 0 Å². The summed E-state index contributed by atoms with van der Waals surface area (Å²) in [5.74, 6) is 0. The summed E-state index contributed by atoms with van der Waals surface area (Å²) in [6.45, 7) is 0. The SMILES string of the molecule is N#Cc1cc2ccc3cc(-c4ccc(-c5cc6c7ccccc7ccc6c6ccccc56)cn4)cc4c3c2c(c1)n4-c1ccccc1. The summed E-state index contributed by atoms with van der Waals surface area (Å²) in [6, 6.07) is 54.0. The fourth-order valence-electron chi connectivity index (χ4n) is 7.66.